The molecule has 2 amide bonds. The van der Waals surface area contributed by atoms with Crippen molar-refractivity contribution < 1.29 is 43.7 Å². The fraction of sp³-hybridized carbons (Fsp3) is 0.536. The molecule has 4 unspecified atom stereocenters. The number of aromatic nitrogens is 4. The molecule has 2 aromatic rings. The van der Waals surface area contributed by atoms with Crippen LogP contribution in [-0.2, 0) is 24.0 Å². The Morgan fingerprint density at radius 3 is 1.51 bits per heavy atom. The highest BCUT2D eigenvalue weighted by Gasteiger charge is 2.43. The van der Waals surface area contributed by atoms with Crippen molar-refractivity contribution in [3.05, 3.63) is 44.5 Å². The van der Waals surface area contributed by atoms with Crippen LogP contribution in [0.2, 0.25) is 0 Å². The van der Waals surface area contributed by atoms with Crippen LogP contribution in [0.4, 0.5) is 0 Å². The van der Waals surface area contributed by atoms with Gasteiger partial charge in [-0.3, -0.25) is 24.0 Å². The molecule has 0 saturated heterocycles. The number of nitrogens with zero attached hydrogens (tertiary/aromatic N) is 2. The van der Waals surface area contributed by atoms with Crippen molar-refractivity contribution in [2.24, 2.45) is 11.8 Å². The number of carbonyl (C=O) groups excluding carboxylic acids is 3. The number of Topliss-reactive ketones (excluding diaryl/α,β-unsaturated/α-hetero) is 1. The Bertz CT molecular complexity index is 1490. The predicted molar refractivity (Wildman–Crippen MR) is 170 cm³/mol. The van der Waals surface area contributed by atoms with Gasteiger partial charge in [-0.2, -0.15) is 0 Å². The fourth-order valence-electron chi connectivity index (χ4n) is 5.14. The number of rotatable bonds is 16. The maximum Gasteiger partial charge on any atom is 0.327 e. The van der Waals surface area contributed by atoms with Gasteiger partial charge in [-0.25, -0.2) is 19.6 Å². The summed E-state index contributed by atoms with van der Waals surface area (Å²) in [5.41, 5.74) is -0.753. The van der Waals surface area contributed by atoms with Gasteiger partial charge in [0.15, 0.2) is 0 Å². The molecule has 2 aromatic heterocycles. The third-order valence-corrected chi connectivity index (χ3v) is 10.2. The summed E-state index contributed by atoms with van der Waals surface area (Å²) in [6.45, 7) is 2.36. The van der Waals surface area contributed by atoms with Gasteiger partial charge in [-0.1, -0.05) is 6.42 Å². The van der Waals surface area contributed by atoms with Crippen LogP contribution >= 0.6 is 23.5 Å². The Balaban J connectivity index is 2.05. The summed E-state index contributed by atoms with van der Waals surface area (Å²) in [6.07, 6.45) is 3.87. The molecule has 256 valence electrons. The summed E-state index contributed by atoms with van der Waals surface area (Å²) in [5, 5.41) is 22.5. The molecule has 17 nitrogen and oxygen atoms in total. The lowest BCUT2D eigenvalue weighted by molar-refractivity contribution is -0.141. The zero-order valence-electron chi connectivity index (χ0n) is 25.9. The zero-order valence-corrected chi connectivity index (χ0v) is 27.6. The van der Waals surface area contributed by atoms with Gasteiger partial charge in [0, 0.05) is 49.6 Å². The minimum Gasteiger partial charge on any atom is -0.480 e. The van der Waals surface area contributed by atoms with E-state index < -0.39 is 69.3 Å². The monoisotopic (exact) mass is 696 g/mol. The fourth-order valence-corrected chi connectivity index (χ4v) is 7.98. The molecule has 6 N–H and O–H groups in total. The smallest absolute Gasteiger partial charge is 0.327 e. The summed E-state index contributed by atoms with van der Waals surface area (Å²) in [7, 11) is 2.50. The first-order valence-electron chi connectivity index (χ1n) is 14.3. The van der Waals surface area contributed by atoms with Crippen LogP contribution in [0.25, 0.3) is 0 Å². The van der Waals surface area contributed by atoms with E-state index in [0.29, 0.717) is 19.3 Å². The minimum atomic E-state index is -1.29. The van der Waals surface area contributed by atoms with Crippen LogP contribution in [0.5, 0.6) is 11.8 Å². The molecule has 1 aliphatic carbocycles. The van der Waals surface area contributed by atoms with Crippen molar-refractivity contribution in [3.63, 3.8) is 0 Å². The van der Waals surface area contributed by atoms with E-state index in [2.05, 4.69) is 30.6 Å². The molecule has 0 radical (unpaired) electrons. The summed E-state index contributed by atoms with van der Waals surface area (Å²) in [4.78, 5) is 99.6. The van der Waals surface area contributed by atoms with Crippen LogP contribution < -0.4 is 31.2 Å². The summed E-state index contributed by atoms with van der Waals surface area (Å²) in [5.74, 6) is -6.36. The molecular weight excluding hydrogens is 660 g/mol. The first-order valence-corrected chi connectivity index (χ1v) is 16.4. The second kappa shape index (κ2) is 17.0. The first-order chi connectivity index (χ1) is 22.3. The molecule has 1 aliphatic rings. The van der Waals surface area contributed by atoms with E-state index in [-0.39, 0.29) is 40.4 Å². The third-order valence-electron chi connectivity index (χ3n) is 7.25. The lowest BCUT2D eigenvalue weighted by Gasteiger charge is -2.36. The van der Waals surface area contributed by atoms with Gasteiger partial charge >= 0.3 is 23.1 Å². The molecular formula is C28H36N6O11S2. The molecule has 19 heteroatoms. The number of thioether (sulfide) groups is 2. The number of aliphatic carboxylic acids is 2. The number of amides is 2. The van der Waals surface area contributed by atoms with Crippen LogP contribution in [-0.4, -0.2) is 97.5 Å². The number of ketones is 1. The normalized spacial score (nSPS) is 18.7. The number of hydrogen-bond acceptors (Lipinski definition) is 13. The average molecular weight is 697 g/mol. The van der Waals surface area contributed by atoms with E-state index in [1.54, 1.807) is 0 Å². The predicted octanol–water partition coefficient (Wildman–Crippen LogP) is 0.283. The summed E-state index contributed by atoms with van der Waals surface area (Å²) < 4.78 is 10.2. The Morgan fingerprint density at radius 1 is 0.809 bits per heavy atom. The van der Waals surface area contributed by atoms with E-state index in [9.17, 15) is 43.8 Å². The van der Waals surface area contributed by atoms with Crippen molar-refractivity contribution in [2.45, 2.75) is 55.7 Å². The quantitative estimate of drug-likeness (QED) is 0.138. The topological polar surface area (TPSA) is 260 Å². The van der Waals surface area contributed by atoms with Gasteiger partial charge in [-0.15, -0.1) is 23.5 Å². The summed E-state index contributed by atoms with van der Waals surface area (Å²) in [6, 6.07) is -2.58. The van der Waals surface area contributed by atoms with Crippen molar-refractivity contribution >= 4 is 53.1 Å². The maximum absolute atomic E-state index is 14.4. The summed E-state index contributed by atoms with van der Waals surface area (Å²) >= 11 is 2.13. The van der Waals surface area contributed by atoms with Gasteiger partial charge < -0.3 is 40.3 Å². The Morgan fingerprint density at radius 2 is 1.19 bits per heavy atom. The molecule has 0 aliphatic heterocycles. The number of H-pyrrole nitrogens is 2. The van der Waals surface area contributed by atoms with E-state index in [0.717, 1.165) is 23.5 Å². The number of ether oxygens (including phenoxy) is 2. The Kier molecular flexibility index (Phi) is 13.4. The van der Waals surface area contributed by atoms with Crippen LogP contribution in [0, 0.1) is 11.8 Å². The highest BCUT2D eigenvalue weighted by molar-refractivity contribution is 7.99. The molecule has 1 fully saturated rings. The van der Waals surface area contributed by atoms with Gasteiger partial charge in [0.2, 0.25) is 11.8 Å². The van der Waals surface area contributed by atoms with Crippen molar-refractivity contribution in [3.8, 4) is 11.8 Å². The molecule has 6 atom stereocenters. The standard InChI is InChI=1S/C28H36N6O11S2/c1-12(35)31-18(27(40)41)10-46-21(16-8-29-23(38)25(33-16)44-3)14-6-5-7-15(20(14)37)22(17-9-30-24(39)26(34-17)45-4)47-11-19(28(42)43)32-13(2)36/h8-9,14-15,18-19,21-22H,5-7,10-11H2,1-4H3,(H,29,38)(H,30,39)(H,31,35)(H,32,36)(H,40,41)(H,42,43)/t14?,15?,18-,19-,21?,22?/m0/s1. The van der Waals surface area contributed by atoms with E-state index in [1.807, 2.05) is 0 Å². The lowest BCUT2D eigenvalue weighted by atomic mass is 9.76. The molecule has 0 bridgehead atoms. The minimum absolute atomic E-state index is 0.148. The highest BCUT2D eigenvalue weighted by atomic mass is 32.2. The number of hydrogen-bond donors (Lipinski definition) is 6. The number of methoxy groups -OCH3 is 2. The van der Waals surface area contributed by atoms with E-state index in [4.69, 9.17) is 9.47 Å². The first kappa shape index (κ1) is 37.1. The van der Waals surface area contributed by atoms with Gasteiger partial charge in [0.05, 0.1) is 36.1 Å². The van der Waals surface area contributed by atoms with Crippen LogP contribution in [0.15, 0.2) is 22.0 Å². The highest BCUT2D eigenvalue weighted by Crippen LogP contribution is 2.48. The number of carboxylic acid groups (broad SMARTS) is 2. The molecule has 3 rings (SSSR count). The van der Waals surface area contributed by atoms with Crippen molar-refractivity contribution in [2.75, 3.05) is 25.7 Å². The average Bonchev–Trinajstić information content (AvgIpc) is 3.01. The van der Waals surface area contributed by atoms with Crippen molar-refractivity contribution in [1.29, 1.82) is 0 Å². The van der Waals surface area contributed by atoms with Gasteiger partial charge in [-0.05, 0) is 12.8 Å². The van der Waals surface area contributed by atoms with Gasteiger partial charge in [0.1, 0.15) is 17.9 Å². The van der Waals surface area contributed by atoms with Crippen molar-refractivity contribution in [1.82, 2.24) is 30.6 Å². The van der Waals surface area contributed by atoms with E-state index >= 15 is 0 Å². The lowest BCUT2D eigenvalue weighted by Crippen LogP contribution is -2.42. The number of aromatic amines is 2. The molecule has 0 aromatic carbocycles. The maximum atomic E-state index is 14.4. The number of nitrogens with one attached hydrogen (secondary N) is 4. The second-order valence-corrected chi connectivity index (χ2v) is 12.9. The van der Waals surface area contributed by atoms with Crippen LogP contribution in [0.3, 0.4) is 0 Å². The third kappa shape index (κ3) is 9.80. The zero-order chi connectivity index (χ0) is 34.8. The molecule has 2 heterocycles. The number of carboxylic acids is 2. The van der Waals surface area contributed by atoms with Gasteiger partial charge in [0.25, 0.3) is 11.8 Å². The Hall–Kier alpha value is -4.39. The second-order valence-electron chi connectivity index (χ2n) is 10.6. The molecule has 47 heavy (non-hydrogen) atoms. The molecule has 0 spiro atoms. The Labute approximate surface area is 276 Å². The SMILES string of the molecule is COc1nc(C(SC[C@H](NC(C)=O)C(=O)O)C2CCCC(C(SC[C@H](NC(C)=O)C(=O)O)c3c[nH]c(=O)c(OC)n3)C2=O)c[nH]c1=O. The largest absolute Gasteiger partial charge is 0.480 e. The molecule has 1 saturated carbocycles. The van der Waals surface area contributed by atoms with Crippen LogP contribution in [0.1, 0.15) is 55.0 Å². The van der Waals surface area contributed by atoms with E-state index in [1.165, 1.54) is 40.5 Å². The number of carbonyl (C=O) groups is 5.